The van der Waals surface area contributed by atoms with Crippen molar-refractivity contribution in [1.29, 1.82) is 0 Å². The van der Waals surface area contributed by atoms with Gasteiger partial charge in [0.05, 0.1) is 4.90 Å². The number of aliphatic carboxylic acids is 1. The molecule has 0 amide bonds. The SMILES string of the molecule is CCCCC(C(=O)O)S(=O)(=O)c1ccc(F)cc1. The lowest BCUT2D eigenvalue weighted by atomic mass is 10.2. The van der Waals surface area contributed by atoms with Gasteiger partial charge in [-0.25, -0.2) is 12.8 Å². The Labute approximate surface area is 105 Å². The van der Waals surface area contributed by atoms with Crippen LogP contribution < -0.4 is 0 Å². The minimum Gasteiger partial charge on any atom is -0.480 e. The molecule has 6 heteroatoms. The molecule has 0 fully saturated rings. The lowest BCUT2D eigenvalue weighted by Gasteiger charge is -2.13. The van der Waals surface area contributed by atoms with E-state index < -0.39 is 26.9 Å². The minimum absolute atomic E-state index is 0.0611. The van der Waals surface area contributed by atoms with Crippen LogP contribution in [0.3, 0.4) is 0 Å². The second kappa shape index (κ2) is 5.95. The van der Waals surface area contributed by atoms with E-state index in [0.717, 1.165) is 24.3 Å². The quantitative estimate of drug-likeness (QED) is 0.807. The molecule has 0 aliphatic rings. The summed E-state index contributed by atoms with van der Waals surface area (Å²) in [6.07, 6.45) is 1.28. The zero-order valence-electron chi connectivity index (χ0n) is 9.97. The third-order valence-electron chi connectivity index (χ3n) is 2.61. The molecule has 1 unspecified atom stereocenters. The van der Waals surface area contributed by atoms with Crippen LogP contribution in [-0.2, 0) is 14.6 Å². The zero-order valence-corrected chi connectivity index (χ0v) is 10.8. The molecule has 4 nitrogen and oxygen atoms in total. The Bertz CT molecular complexity index is 507. The molecule has 1 aromatic rings. The van der Waals surface area contributed by atoms with Gasteiger partial charge in [-0.2, -0.15) is 0 Å². The number of rotatable bonds is 6. The van der Waals surface area contributed by atoms with Gasteiger partial charge in [0.15, 0.2) is 15.1 Å². The fraction of sp³-hybridized carbons (Fsp3) is 0.417. The average molecular weight is 274 g/mol. The summed E-state index contributed by atoms with van der Waals surface area (Å²) < 4.78 is 36.9. The van der Waals surface area contributed by atoms with Crippen LogP contribution in [0.1, 0.15) is 26.2 Å². The molecule has 0 aliphatic carbocycles. The van der Waals surface area contributed by atoms with Crippen molar-refractivity contribution in [3.63, 3.8) is 0 Å². The molecule has 0 radical (unpaired) electrons. The topological polar surface area (TPSA) is 71.4 Å². The normalized spacial score (nSPS) is 13.2. The number of unbranched alkanes of at least 4 members (excludes halogenated alkanes) is 1. The van der Waals surface area contributed by atoms with E-state index in [1.54, 1.807) is 0 Å². The largest absolute Gasteiger partial charge is 0.480 e. The highest BCUT2D eigenvalue weighted by atomic mass is 32.2. The number of carboxylic acid groups (broad SMARTS) is 1. The van der Waals surface area contributed by atoms with Gasteiger partial charge in [0.2, 0.25) is 0 Å². The van der Waals surface area contributed by atoms with E-state index in [0.29, 0.717) is 12.8 Å². The van der Waals surface area contributed by atoms with Gasteiger partial charge >= 0.3 is 5.97 Å². The Kier molecular flexibility index (Phi) is 4.84. The second-order valence-corrected chi connectivity index (χ2v) is 6.10. The van der Waals surface area contributed by atoms with Crippen molar-refractivity contribution in [3.8, 4) is 0 Å². The van der Waals surface area contributed by atoms with E-state index in [2.05, 4.69) is 0 Å². The fourth-order valence-corrected chi connectivity index (χ4v) is 3.18. The first kappa shape index (κ1) is 14.6. The molecule has 0 heterocycles. The Morgan fingerprint density at radius 1 is 1.33 bits per heavy atom. The molecule has 0 spiro atoms. The number of benzene rings is 1. The van der Waals surface area contributed by atoms with Crippen molar-refractivity contribution in [1.82, 2.24) is 0 Å². The number of carbonyl (C=O) groups is 1. The van der Waals surface area contributed by atoms with Crippen LogP contribution >= 0.6 is 0 Å². The van der Waals surface area contributed by atoms with Gasteiger partial charge in [-0.05, 0) is 30.7 Å². The molecule has 0 saturated heterocycles. The van der Waals surface area contributed by atoms with Crippen LogP contribution in [0.2, 0.25) is 0 Å². The van der Waals surface area contributed by atoms with Crippen molar-refractivity contribution >= 4 is 15.8 Å². The summed E-state index contributed by atoms with van der Waals surface area (Å²) in [5.41, 5.74) is 0. The summed E-state index contributed by atoms with van der Waals surface area (Å²) >= 11 is 0. The van der Waals surface area contributed by atoms with Crippen molar-refractivity contribution < 1.29 is 22.7 Å². The van der Waals surface area contributed by atoms with Gasteiger partial charge in [0.25, 0.3) is 0 Å². The number of hydrogen-bond donors (Lipinski definition) is 1. The van der Waals surface area contributed by atoms with Gasteiger partial charge in [-0.3, -0.25) is 4.79 Å². The average Bonchev–Trinajstić information content (AvgIpc) is 2.29. The predicted molar refractivity (Wildman–Crippen MR) is 64.5 cm³/mol. The predicted octanol–water partition coefficient (Wildman–Crippen LogP) is 2.24. The number of hydrogen-bond acceptors (Lipinski definition) is 3. The Balaban J connectivity index is 3.09. The fourth-order valence-electron chi connectivity index (χ4n) is 1.59. The van der Waals surface area contributed by atoms with Crippen LogP contribution in [0.15, 0.2) is 29.2 Å². The molecule has 1 aromatic carbocycles. The first-order valence-corrected chi connectivity index (χ1v) is 7.16. The number of carboxylic acids is 1. The Hall–Kier alpha value is -1.43. The lowest BCUT2D eigenvalue weighted by Crippen LogP contribution is -2.30. The summed E-state index contributed by atoms with van der Waals surface area (Å²) in [7, 11) is -3.96. The zero-order chi connectivity index (χ0) is 13.8. The molecular weight excluding hydrogens is 259 g/mol. The molecule has 100 valence electrons. The highest BCUT2D eigenvalue weighted by Crippen LogP contribution is 2.20. The van der Waals surface area contributed by atoms with Gasteiger partial charge < -0.3 is 5.11 Å². The van der Waals surface area contributed by atoms with Gasteiger partial charge in [-0.1, -0.05) is 19.8 Å². The van der Waals surface area contributed by atoms with Crippen molar-refractivity contribution in [2.45, 2.75) is 36.3 Å². The monoisotopic (exact) mass is 274 g/mol. The van der Waals surface area contributed by atoms with Crippen LogP contribution in [0, 0.1) is 5.82 Å². The van der Waals surface area contributed by atoms with Crippen LogP contribution in [0.25, 0.3) is 0 Å². The van der Waals surface area contributed by atoms with Gasteiger partial charge in [-0.15, -0.1) is 0 Å². The van der Waals surface area contributed by atoms with Crippen LogP contribution in [-0.4, -0.2) is 24.7 Å². The Morgan fingerprint density at radius 2 is 1.89 bits per heavy atom. The van der Waals surface area contributed by atoms with Crippen LogP contribution in [0.5, 0.6) is 0 Å². The van der Waals surface area contributed by atoms with Crippen molar-refractivity contribution in [2.24, 2.45) is 0 Å². The molecule has 18 heavy (non-hydrogen) atoms. The summed E-state index contributed by atoms with van der Waals surface area (Å²) in [6, 6.07) is 4.19. The molecule has 0 saturated carbocycles. The second-order valence-electron chi connectivity index (χ2n) is 3.97. The highest BCUT2D eigenvalue weighted by molar-refractivity contribution is 7.92. The maximum atomic E-state index is 12.7. The molecule has 0 aromatic heterocycles. The summed E-state index contributed by atoms with van der Waals surface area (Å²) in [4.78, 5) is 10.9. The molecule has 1 atom stereocenters. The van der Waals surface area contributed by atoms with E-state index in [-0.39, 0.29) is 11.3 Å². The summed E-state index contributed by atoms with van der Waals surface area (Å²) in [6.45, 7) is 1.85. The minimum atomic E-state index is -3.96. The number of halogens is 1. The smallest absolute Gasteiger partial charge is 0.322 e. The van der Waals surface area contributed by atoms with E-state index in [1.807, 2.05) is 6.92 Å². The third-order valence-corrected chi connectivity index (χ3v) is 4.73. The van der Waals surface area contributed by atoms with Crippen LogP contribution in [0.4, 0.5) is 4.39 Å². The molecular formula is C12H15FO4S. The first-order valence-electron chi connectivity index (χ1n) is 5.62. The van der Waals surface area contributed by atoms with Crippen molar-refractivity contribution in [2.75, 3.05) is 0 Å². The van der Waals surface area contributed by atoms with Gasteiger partial charge in [0.1, 0.15) is 5.82 Å². The van der Waals surface area contributed by atoms with E-state index in [9.17, 15) is 17.6 Å². The molecule has 0 aliphatic heterocycles. The first-order chi connectivity index (χ1) is 8.39. The van der Waals surface area contributed by atoms with E-state index >= 15 is 0 Å². The third kappa shape index (κ3) is 3.29. The molecule has 0 bridgehead atoms. The standard InChI is InChI=1S/C12H15FO4S/c1-2-3-4-11(12(14)15)18(16,17)10-7-5-9(13)6-8-10/h5-8,11H,2-4H2,1H3,(H,14,15). The maximum absolute atomic E-state index is 12.7. The molecule has 1 rings (SSSR count). The van der Waals surface area contributed by atoms with Crippen molar-refractivity contribution in [3.05, 3.63) is 30.1 Å². The lowest BCUT2D eigenvalue weighted by molar-refractivity contribution is -0.136. The molecule has 1 N–H and O–H groups in total. The van der Waals surface area contributed by atoms with E-state index in [1.165, 1.54) is 0 Å². The maximum Gasteiger partial charge on any atom is 0.322 e. The summed E-state index contributed by atoms with van der Waals surface area (Å²) in [5.74, 6) is -1.93. The van der Waals surface area contributed by atoms with E-state index in [4.69, 9.17) is 5.11 Å². The highest BCUT2D eigenvalue weighted by Gasteiger charge is 2.33. The Morgan fingerprint density at radius 3 is 2.33 bits per heavy atom. The number of sulfone groups is 1. The summed E-state index contributed by atoms with van der Waals surface area (Å²) in [5, 5.41) is 7.53. The van der Waals surface area contributed by atoms with Gasteiger partial charge in [0, 0.05) is 0 Å².